The van der Waals surface area contributed by atoms with Gasteiger partial charge in [0.2, 0.25) is 5.95 Å². The third-order valence-corrected chi connectivity index (χ3v) is 3.46. The second-order valence-electron chi connectivity index (χ2n) is 4.20. The van der Waals surface area contributed by atoms with Gasteiger partial charge in [-0.1, -0.05) is 5.21 Å². The summed E-state index contributed by atoms with van der Waals surface area (Å²) in [5.41, 5.74) is 1.94. The van der Waals surface area contributed by atoms with Crippen LogP contribution in [0.1, 0.15) is 30.0 Å². The van der Waals surface area contributed by atoms with Gasteiger partial charge in [-0.2, -0.15) is 4.39 Å². The van der Waals surface area contributed by atoms with Gasteiger partial charge in [-0.05, 0) is 40.9 Å². The molecule has 0 unspecified atom stereocenters. The van der Waals surface area contributed by atoms with E-state index in [-0.39, 0.29) is 0 Å². The molecule has 0 atom stereocenters. The third kappa shape index (κ3) is 2.36. The monoisotopic (exact) mass is 296 g/mol. The highest BCUT2D eigenvalue weighted by molar-refractivity contribution is 9.10. The molecule has 1 saturated carbocycles. The van der Waals surface area contributed by atoms with Gasteiger partial charge >= 0.3 is 0 Å². The molecule has 1 aliphatic carbocycles. The summed E-state index contributed by atoms with van der Waals surface area (Å²) in [5.74, 6) is 0.108. The Morgan fingerprint density at radius 1 is 1.41 bits per heavy atom. The number of hydrogen-bond donors (Lipinski definition) is 0. The summed E-state index contributed by atoms with van der Waals surface area (Å²) in [5, 5.41) is 8.19. The first-order chi connectivity index (χ1) is 8.22. The second-order valence-corrected chi connectivity index (χ2v) is 4.95. The maximum absolute atomic E-state index is 12.8. The van der Waals surface area contributed by atoms with Crippen molar-refractivity contribution >= 4 is 15.9 Å². The lowest BCUT2D eigenvalue weighted by Gasteiger charge is -2.02. The van der Waals surface area contributed by atoms with Crippen LogP contribution in [0.5, 0.6) is 0 Å². The van der Waals surface area contributed by atoms with Gasteiger partial charge in [-0.3, -0.25) is 0 Å². The van der Waals surface area contributed by atoms with Gasteiger partial charge in [0.1, 0.15) is 4.60 Å². The predicted octanol–water partition coefficient (Wildman–Crippen LogP) is 2.50. The van der Waals surface area contributed by atoms with Gasteiger partial charge in [-0.15, -0.1) is 5.10 Å². The Balaban J connectivity index is 1.80. The van der Waals surface area contributed by atoms with E-state index in [1.165, 1.54) is 18.9 Å². The van der Waals surface area contributed by atoms with E-state index >= 15 is 0 Å². The smallest absolute Gasteiger partial charge is 0.213 e. The van der Waals surface area contributed by atoms with E-state index in [0.717, 1.165) is 11.3 Å². The van der Waals surface area contributed by atoms with E-state index < -0.39 is 5.95 Å². The Morgan fingerprint density at radius 3 is 2.94 bits per heavy atom. The molecule has 2 aromatic heterocycles. The van der Waals surface area contributed by atoms with Crippen molar-refractivity contribution < 1.29 is 4.39 Å². The number of aromatic nitrogens is 4. The highest BCUT2D eigenvalue weighted by atomic mass is 79.9. The second kappa shape index (κ2) is 4.18. The van der Waals surface area contributed by atoms with Gasteiger partial charge < -0.3 is 0 Å². The van der Waals surface area contributed by atoms with Crippen LogP contribution in [0.4, 0.5) is 4.39 Å². The molecule has 2 aromatic rings. The fourth-order valence-electron chi connectivity index (χ4n) is 1.69. The molecule has 0 aliphatic heterocycles. The van der Waals surface area contributed by atoms with Crippen molar-refractivity contribution in [2.45, 2.75) is 25.3 Å². The van der Waals surface area contributed by atoms with Crippen molar-refractivity contribution in [2.24, 2.45) is 0 Å². The number of halogens is 2. The molecule has 1 aliphatic rings. The minimum atomic E-state index is -0.488. The highest BCUT2D eigenvalue weighted by Crippen LogP contribution is 2.38. The van der Waals surface area contributed by atoms with Crippen LogP contribution in [0.2, 0.25) is 0 Å². The largest absolute Gasteiger partial charge is 0.248 e. The van der Waals surface area contributed by atoms with Gasteiger partial charge in [-0.25, -0.2) is 9.67 Å². The minimum absolute atomic E-state index is 0.488. The summed E-state index contributed by atoms with van der Waals surface area (Å²) >= 11 is 3.24. The van der Waals surface area contributed by atoms with Crippen LogP contribution >= 0.6 is 15.9 Å². The molecule has 0 bridgehead atoms. The third-order valence-electron chi connectivity index (χ3n) is 2.78. The Bertz CT molecular complexity index is 550. The van der Waals surface area contributed by atoms with Crippen molar-refractivity contribution in [3.63, 3.8) is 0 Å². The zero-order valence-electron chi connectivity index (χ0n) is 8.98. The lowest BCUT2D eigenvalue weighted by atomic mass is 10.3. The standard InChI is InChI=1S/C11H10BrFN4/c12-11-8(3-4-10(13)14-11)5-17-6-9(15-16-17)7-1-2-7/h3-4,6-7H,1-2,5H2. The van der Waals surface area contributed by atoms with Gasteiger partial charge in [0, 0.05) is 17.7 Å². The van der Waals surface area contributed by atoms with Gasteiger partial charge in [0.05, 0.1) is 12.2 Å². The summed E-state index contributed by atoms with van der Waals surface area (Å²) in [7, 11) is 0. The van der Waals surface area contributed by atoms with E-state index in [4.69, 9.17) is 0 Å². The molecule has 1 fully saturated rings. The van der Waals surface area contributed by atoms with Crippen LogP contribution in [0.15, 0.2) is 22.9 Å². The van der Waals surface area contributed by atoms with E-state index in [2.05, 4.69) is 31.2 Å². The molecule has 17 heavy (non-hydrogen) atoms. The quantitative estimate of drug-likeness (QED) is 0.818. The van der Waals surface area contributed by atoms with Crippen molar-refractivity contribution in [3.05, 3.63) is 40.1 Å². The maximum Gasteiger partial charge on any atom is 0.213 e. The SMILES string of the molecule is Fc1ccc(Cn2cc(C3CC3)nn2)c(Br)n1. The fraction of sp³-hybridized carbons (Fsp3) is 0.364. The summed E-state index contributed by atoms with van der Waals surface area (Å²) in [6, 6.07) is 3.05. The Labute approximate surface area is 106 Å². The Hall–Kier alpha value is -1.30. The summed E-state index contributed by atoms with van der Waals surface area (Å²) in [4.78, 5) is 3.71. The number of pyridine rings is 1. The number of rotatable bonds is 3. The molecule has 0 radical (unpaired) electrons. The molecular formula is C11H10BrFN4. The zero-order valence-corrected chi connectivity index (χ0v) is 10.6. The fourth-order valence-corrected chi connectivity index (χ4v) is 2.12. The molecule has 2 heterocycles. The van der Waals surface area contributed by atoms with Gasteiger partial charge in [0.25, 0.3) is 0 Å². The van der Waals surface area contributed by atoms with Crippen molar-refractivity contribution in [3.8, 4) is 0 Å². The summed E-state index contributed by atoms with van der Waals surface area (Å²) in [6.07, 6.45) is 4.37. The minimum Gasteiger partial charge on any atom is -0.248 e. The van der Waals surface area contributed by atoms with E-state index in [9.17, 15) is 4.39 Å². The molecule has 88 valence electrons. The predicted molar refractivity (Wildman–Crippen MR) is 63.0 cm³/mol. The highest BCUT2D eigenvalue weighted by Gasteiger charge is 2.26. The summed E-state index contributed by atoms with van der Waals surface area (Å²) < 4.78 is 15.1. The van der Waals surface area contributed by atoms with Crippen molar-refractivity contribution in [2.75, 3.05) is 0 Å². The van der Waals surface area contributed by atoms with Crippen molar-refractivity contribution in [1.82, 2.24) is 20.0 Å². The number of hydrogen-bond acceptors (Lipinski definition) is 3. The van der Waals surface area contributed by atoms with Crippen LogP contribution in [-0.2, 0) is 6.54 Å². The summed E-state index contributed by atoms with van der Waals surface area (Å²) in [6.45, 7) is 0.549. The Morgan fingerprint density at radius 2 is 2.24 bits per heavy atom. The normalized spacial score (nSPS) is 15.2. The lowest BCUT2D eigenvalue weighted by Crippen LogP contribution is -2.02. The van der Waals surface area contributed by atoms with E-state index in [1.54, 1.807) is 10.7 Å². The zero-order chi connectivity index (χ0) is 11.8. The molecule has 0 saturated heterocycles. The molecule has 0 amide bonds. The van der Waals surface area contributed by atoms with E-state index in [0.29, 0.717) is 17.1 Å². The topological polar surface area (TPSA) is 43.6 Å². The molecular weight excluding hydrogens is 287 g/mol. The van der Waals surface area contributed by atoms with Crippen LogP contribution in [0.25, 0.3) is 0 Å². The first-order valence-electron chi connectivity index (χ1n) is 5.43. The average Bonchev–Trinajstić information content (AvgIpc) is 3.04. The first kappa shape index (κ1) is 10.8. The van der Waals surface area contributed by atoms with E-state index in [1.807, 2.05) is 6.20 Å². The molecule has 3 rings (SSSR count). The maximum atomic E-state index is 12.8. The van der Waals surface area contributed by atoms with Crippen LogP contribution < -0.4 is 0 Å². The van der Waals surface area contributed by atoms with Crippen molar-refractivity contribution in [1.29, 1.82) is 0 Å². The molecule has 4 nitrogen and oxygen atoms in total. The molecule has 0 spiro atoms. The molecule has 0 N–H and O–H groups in total. The average molecular weight is 297 g/mol. The van der Waals surface area contributed by atoms with Crippen LogP contribution in [0.3, 0.4) is 0 Å². The van der Waals surface area contributed by atoms with Crippen LogP contribution in [0, 0.1) is 5.95 Å². The first-order valence-corrected chi connectivity index (χ1v) is 6.22. The lowest BCUT2D eigenvalue weighted by molar-refractivity contribution is 0.574. The van der Waals surface area contributed by atoms with Crippen LogP contribution in [-0.4, -0.2) is 20.0 Å². The molecule has 6 heteroatoms. The number of nitrogens with zero attached hydrogens (tertiary/aromatic N) is 4. The molecule has 0 aromatic carbocycles. The Kier molecular flexibility index (Phi) is 2.66. The van der Waals surface area contributed by atoms with Gasteiger partial charge in [0.15, 0.2) is 0 Å².